The number of hydrogen-bond donors (Lipinski definition) is 4. The van der Waals surface area contributed by atoms with Gasteiger partial charge in [-0.15, -0.1) is 0 Å². The molecule has 0 radical (unpaired) electrons. The van der Waals surface area contributed by atoms with E-state index in [0.29, 0.717) is 0 Å². The molecule has 0 unspecified atom stereocenters. The molecule has 0 rings (SSSR count). The van der Waals surface area contributed by atoms with Crippen molar-refractivity contribution in [1.29, 1.82) is 0 Å². The second-order valence-corrected chi connectivity index (χ2v) is 3.18. The van der Waals surface area contributed by atoms with Crippen LogP contribution in [0.25, 0.3) is 0 Å². The van der Waals surface area contributed by atoms with E-state index in [1.54, 1.807) is 0 Å². The van der Waals surface area contributed by atoms with E-state index in [4.69, 9.17) is 22.9 Å². The zero-order valence-corrected chi connectivity index (χ0v) is 11.0. The Morgan fingerprint density at radius 3 is 1.90 bits per heavy atom. The molecule has 0 fully saturated rings. The monoisotopic (exact) mass is 297 g/mol. The van der Waals surface area contributed by atoms with Crippen LogP contribution < -0.4 is 22.9 Å². The third-order valence-electron chi connectivity index (χ3n) is 1.83. The zero-order valence-electron chi connectivity index (χ0n) is 11.0. The predicted molar refractivity (Wildman–Crippen MR) is 75.4 cm³/mol. The molecule has 0 amide bonds. The Bertz CT molecular complexity index is 536. The Morgan fingerprint density at radius 1 is 0.952 bits per heavy atom. The van der Waals surface area contributed by atoms with Crippen LogP contribution in [0.3, 0.4) is 0 Å². The number of nitrogens with two attached hydrogens (primary N) is 4. The summed E-state index contributed by atoms with van der Waals surface area (Å²) in [4.78, 5) is 33.3. The van der Waals surface area contributed by atoms with Crippen molar-refractivity contribution in [3.05, 3.63) is 23.0 Å². The molecule has 0 aromatic rings. The van der Waals surface area contributed by atoms with Gasteiger partial charge >= 0.3 is 11.9 Å². The normalized spacial score (nSPS) is 13.0. The van der Waals surface area contributed by atoms with Gasteiger partial charge in [0.2, 0.25) is 0 Å². The molecule has 8 N–H and O–H groups in total. The smallest absolute Gasteiger partial charge is 0.385 e. The Labute approximate surface area is 119 Å². The average molecular weight is 297 g/mol. The molecule has 0 bridgehead atoms. The molecule has 0 aliphatic carbocycles. The van der Waals surface area contributed by atoms with Crippen molar-refractivity contribution in [2.24, 2.45) is 38.1 Å². The molecule has 0 aliphatic rings. The van der Waals surface area contributed by atoms with Crippen molar-refractivity contribution >= 4 is 31.6 Å². The Balaban J connectivity index is 4.33. The van der Waals surface area contributed by atoms with Crippen LogP contribution in [-0.4, -0.2) is 38.2 Å². The van der Waals surface area contributed by atoms with Gasteiger partial charge in [0.15, 0.2) is 23.0 Å². The molecular formula is C10H15N7O4. The molecule has 0 aliphatic heterocycles. The van der Waals surface area contributed by atoms with Gasteiger partial charge in [-0.05, 0) is 13.4 Å². The van der Waals surface area contributed by atoms with Gasteiger partial charge in [0, 0.05) is 0 Å². The topological polar surface area (TPSA) is 194 Å². The fraction of sp³-hybridized carbons (Fsp3) is 0.100. The number of aliphatic imine (C=N–C) groups is 2. The van der Waals surface area contributed by atoms with Gasteiger partial charge in [-0.25, -0.2) is 19.6 Å². The van der Waals surface area contributed by atoms with E-state index in [2.05, 4.69) is 38.2 Å². The SMILES string of the molecule is C=N/C(N)=C(\N)C(=O)OC/C=N\OC(=O)/C(N)=C(\N)N=C. The van der Waals surface area contributed by atoms with Crippen LogP contribution in [0.5, 0.6) is 0 Å². The number of ether oxygens (including phenoxy) is 1. The van der Waals surface area contributed by atoms with Crippen LogP contribution in [-0.2, 0) is 19.2 Å². The molecule has 0 aromatic heterocycles. The fourth-order valence-electron chi connectivity index (χ4n) is 0.735. The molecule has 114 valence electrons. The van der Waals surface area contributed by atoms with Crippen LogP contribution in [0.2, 0.25) is 0 Å². The first kappa shape index (κ1) is 17.6. The van der Waals surface area contributed by atoms with Crippen LogP contribution in [0.4, 0.5) is 0 Å². The van der Waals surface area contributed by atoms with Gasteiger partial charge in [-0.3, -0.25) is 0 Å². The van der Waals surface area contributed by atoms with E-state index >= 15 is 0 Å². The molecule has 21 heavy (non-hydrogen) atoms. The lowest BCUT2D eigenvalue weighted by Crippen LogP contribution is -2.21. The van der Waals surface area contributed by atoms with Gasteiger partial charge in [-0.2, -0.15) is 0 Å². The summed E-state index contributed by atoms with van der Waals surface area (Å²) in [5.41, 5.74) is 20.1. The lowest BCUT2D eigenvalue weighted by atomic mass is 10.4. The minimum Gasteiger partial charge on any atom is -0.455 e. The van der Waals surface area contributed by atoms with E-state index < -0.39 is 23.3 Å². The Morgan fingerprint density at radius 2 is 1.43 bits per heavy atom. The number of esters is 1. The van der Waals surface area contributed by atoms with Crippen molar-refractivity contribution in [1.82, 2.24) is 0 Å². The van der Waals surface area contributed by atoms with E-state index in [9.17, 15) is 9.59 Å². The fourth-order valence-corrected chi connectivity index (χ4v) is 0.735. The summed E-state index contributed by atoms with van der Waals surface area (Å²) in [6, 6.07) is 0. The summed E-state index contributed by atoms with van der Waals surface area (Å²) in [6.07, 6.45) is 0.964. The van der Waals surface area contributed by atoms with Crippen molar-refractivity contribution in [2.45, 2.75) is 0 Å². The molecule has 0 saturated carbocycles. The molecule has 0 spiro atoms. The maximum atomic E-state index is 11.3. The van der Waals surface area contributed by atoms with E-state index in [1.807, 2.05) is 0 Å². The largest absolute Gasteiger partial charge is 0.455 e. The van der Waals surface area contributed by atoms with Crippen LogP contribution >= 0.6 is 0 Å². The number of oxime groups is 1. The number of nitrogens with zero attached hydrogens (tertiary/aromatic N) is 3. The van der Waals surface area contributed by atoms with Crippen LogP contribution in [0, 0.1) is 0 Å². The quantitative estimate of drug-likeness (QED) is 0.131. The highest BCUT2D eigenvalue weighted by atomic mass is 16.7. The average Bonchev–Trinajstić information content (AvgIpc) is 2.50. The maximum absolute atomic E-state index is 11.3. The highest BCUT2D eigenvalue weighted by Gasteiger charge is 2.11. The second kappa shape index (κ2) is 8.68. The van der Waals surface area contributed by atoms with Crippen molar-refractivity contribution in [3.8, 4) is 0 Å². The highest BCUT2D eigenvalue weighted by molar-refractivity contribution is 5.89. The van der Waals surface area contributed by atoms with Gasteiger partial charge in [0.1, 0.15) is 6.61 Å². The van der Waals surface area contributed by atoms with E-state index in [1.165, 1.54) is 0 Å². The third-order valence-corrected chi connectivity index (χ3v) is 1.83. The summed E-state index contributed by atoms with van der Waals surface area (Å²) in [7, 11) is 0. The van der Waals surface area contributed by atoms with Crippen molar-refractivity contribution in [3.63, 3.8) is 0 Å². The molecule has 11 heteroatoms. The highest BCUT2D eigenvalue weighted by Crippen LogP contribution is 1.96. The summed E-state index contributed by atoms with van der Waals surface area (Å²) in [5, 5.41) is 3.20. The maximum Gasteiger partial charge on any atom is 0.385 e. The minimum absolute atomic E-state index is 0.270. The summed E-state index contributed by atoms with van der Waals surface area (Å²) < 4.78 is 4.61. The van der Waals surface area contributed by atoms with Crippen molar-refractivity contribution in [2.75, 3.05) is 6.61 Å². The summed E-state index contributed by atoms with van der Waals surface area (Å²) in [5.74, 6) is -2.54. The van der Waals surface area contributed by atoms with Crippen LogP contribution in [0.1, 0.15) is 0 Å². The summed E-state index contributed by atoms with van der Waals surface area (Å²) >= 11 is 0. The third kappa shape index (κ3) is 5.87. The van der Waals surface area contributed by atoms with Gasteiger partial charge in [0.05, 0.1) is 6.21 Å². The minimum atomic E-state index is -1.04. The first-order valence-electron chi connectivity index (χ1n) is 5.19. The molecule has 0 aromatic carbocycles. The lowest BCUT2D eigenvalue weighted by molar-refractivity contribution is -0.139. The zero-order chi connectivity index (χ0) is 16.4. The predicted octanol–water partition coefficient (Wildman–Crippen LogP) is -2.37. The molecule has 0 saturated heterocycles. The van der Waals surface area contributed by atoms with Gasteiger partial charge < -0.3 is 32.5 Å². The molecule has 0 heterocycles. The first-order chi connectivity index (χ1) is 9.84. The Kier molecular flexibility index (Phi) is 7.29. The number of carbonyl (C=O) groups is 2. The number of hydrogen-bond acceptors (Lipinski definition) is 11. The second-order valence-electron chi connectivity index (χ2n) is 3.18. The van der Waals surface area contributed by atoms with Gasteiger partial charge in [-0.1, -0.05) is 5.16 Å². The van der Waals surface area contributed by atoms with Gasteiger partial charge in [0.25, 0.3) is 0 Å². The van der Waals surface area contributed by atoms with E-state index in [-0.39, 0.29) is 18.2 Å². The molecule has 0 atom stereocenters. The first-order valence-corrected chi connectivity index (χ1v) is 5.19. The lowest BCUT2D eigenvalue weighted by Gasteiger charge is -2.02. The number of rotatable bonds is 7. The molecule has 11 nitrogen and oxygen atoms in total. The standard InChI is InChI=1S/C10H15N7O4/c1-15-7(13)5(11)9(18)20-4-3-17-21-10(19)6(12)8(14)16-2/h3H,1-2,4,11-14H2/b7-5-,8-6-,17-3-. The van der Waals surface area contributed by atoms with Crippen molar-refractivity contribution < 1.29 is 19.2 Å². The number of carbonyl (C=O) groups excluding carboxylic acids is 2. The molecular weight excluding hydrogens is 282 g/mol. The van der Waals surface area contributed by atoms with Crippen LogP contribution in [0.15, 0.2) is 38.2 Å². The van der Waals surface area contributed by atoms with E-state index in [0.717, 1.165) is 6.21 Å². The summed E-state index contributed by atoms with van der Waals surface area (Å²) in [6.45, 7) is 5.83. The Hall–Kier alpha value is -3.37.